The minimum absolute atomic E-state index is 0. The molecule has 0 aliphatic heterocycles. The van der Waals surface area contributed by atoms with Crippen molar-refractivity contribution in [1.82, 2.24) is 0 Å². The smallest absolute Gasteiger partial charge is 0.147 e. The van der Waals surface area contributed by atoms with E-state index in [1.165, 1.54) is 0 Å². The highest BCUT2D eigenvalue weighted by Gasteiger charge is 2.29. The lowest BCUT2D eigenvalue weighted by Crippen LogP contribution is -2.18. The van der Waals surface area contributed by atoms with Crippen molar-refractivity contribution in [2.45, 2.75) is 12.3 Å². The van der Waals surface area contributed by atoms with E-state index < -0.39 is 14.3 Å². The van der Waals surface area contributed by atoms with Gasteiger partial charge in [-0.15, -0.1) is 0 Å². The molecule has 0 heterocycles. The van der Waals surface area contributed by atoms with Crippen LogP contribution >= 0.6 is 14.3 Å². The first-order valence-corrected chi connectivity index (χ1v) is 15.8. The second-order valence-corrected chi connectivity index (χ2v) is 14.6. The van der Waals surface area contributed by atoms with E-state index in [0.717, 1.165) is 32.3 Å². The predicted molar refractivity (Wildman–Crippen MR) is 157 cm³/mol. The molecule has 0 saturated carbocycles. The zero-order valence-electron chi connectivity index (χ0n) is 20.5. The fraction of sp³-hybridized carbons (Fsp3) is 0.0625. The fourth-order valence-corrected chi connectivity index (χ4v) is 10.0. The minimum Gasteiger partial charge on any atom is -0.412 e. The topological polar surface area (TPSA) is 65.6 Å². The second kappa shape index (κ2) is 11.7. The van der Waals surface area contributed by atoms with E-state index in [1.807, 2.05) is 140 Å². The molecule has 0 amide bonds. The van der Waals surface area contributed by atoms with Gasteiger partial charge in [-0.2, -0.15) is 0 Å². The minimum atomic E-state index is -2.90. The Balaban J connectivity index is 0.00000320. The summed E-state index contributed by atoms with van der Waals surface area (Å²) in [6.45, 7) is 0. The van der Waals surface area contributed by atoms with Crippen LogP contribution in [0.25, 0.3) is 0 Å². The lowest BCUT2D eigenvalue weighted by molar-refractivity contribution is 0.586. The van der Waals surface area contributed by atoms with Crippen LogP contribution in [0.4, 0.5) is 0 Å². The molecule has 0 fully saturated rings. The largest absolute Gasteiger partial charge is 0.412 e. The Morgan fingerprint density at radius 2 is 0.649 bits per heavy atom. The molecule has 0 aliphatic carbocycles. The van der Waals surface area contributed by atoms with E-state index in [1.54, 1.807) is 0 Å². The third-order valence-electron chi connectivity index (χ3n) is 6.49. The molecule has 3 nitrogen and oxygen atoms in total. The van der Waals surface area contributed by atoms with Crippen LogP contribution in [0.2, 0.25) is 0 Å². The van der Waals surface area contributed by atoms with Crippen LogP contribution < -0.4 is 21.2 Å². The monoisotopic (exact) mass is 524 g/mol. The molecule has 0 radical (unpaired) electrons. The van der Waals surface area contributed by atoms with Crippen molar-refractivity contribution in [2.24, 2.45) is 0 Å². The van der Waals surface area contributed by atoms with Gasteiger partial charge >= 0.3 is 0 Å². The van der Waals surface area contributed by atoms with E-state index >= 15 is 0 Å². The molecule has 0 bridgehead atoms. The first kappa shape index (κ1) is 26.6. The molecule has 37 heavy (non-hydrogen) atoms. The summed E-state index contributed by atoms with van der Waals surface area (Å²) < 4.78 is 29.1. The summed E-state index contributed by atoms with van der Waals surface area (Å²) in [5, 5.41) is 3.39. The van der Waals surface area contributed by atoms with Gasteiger partial charge in [0.05, 0.1) is 0 Å². The number of benzene rings is 5. The molecule has 0 aliphatic rings. The maximum absolute atomic E-state index is 14.6. The van der Waals surface area contributed by atoms with Crippen LogP contribution in [-0.2, 0) is 21.5 Å². The average Bonchev–Trinajstić information content (AvgIpc) is 2.95. The van der Waals surface area contributed by atoms with Gasteiger partial charge in [0.25, 0.3) is 0 Å². The van der Waals surface area contributed by atoms with E-state index in [2.05, 4.69) is 6.07 Å². The highest BCUT2D eigenvalue weighted by Crippen LogP contribution is 2.49. The van der Waals surface area contributed by atoms with Gasteiger partial charge in [0.15, 0.2) is 0 Å². The Kier molecular flexibility index (Phi) is 8.41. The van der Waals surface area contributed by atoms with Crippen LogP contribution in [0.5, 0.6) is 0 Å². The summed E-state index contributed by atoms with van der Waals surface area (Å²) in [5.41, 5.74) is 1.97. The van der Waals surface area contributed by atoms with Gasteiger partial charge in [0, 0.05) is 33.5 Å². The van der Waals surface area contributed by atoms with Crippen molar-refractivity contribution >= 4 is 35.5 Å². The first-order valence-electron chi connectivity index (χ1n) is 12.1. The summed E-state index contributed by atoms with van der Waals surface area (Å²) >= 11 is 0. The molecule has 0 atom stereocenters. The van der Waals surface area contributed by atoms with Gasteiger partial charge in [-0.25, -0.2) is 0 Å². The molecule has 5 heteroatoms. The summed E-state index contributed by atoms with van der Waals surface area (Å²) in [7, 11) is -5.80. The van der Waals surface area contributed by atoms with Crippen molar-refractivity contribution < 1.29 is 14.6 Å². The van der Waals surface area contributed by atoms with Crippen molar-refractivity contribution in [1.29, 1.82) is 0 Å². The predicted octanol–water partition coefficient (Wildman–Crippen LogP) is 5.89. The number of hydrogen-bond donors (Lipinski definition) is 0. The van der Waals surface area contributed by atoms with Gasteiger partial charge in [-0.05, 0) is 11.1 Å². The van der Waals surface area contributed by atoms with Gasteiger partial charge < -0.3 is 14.6 Å². The lowest BCUT2D eigenvalue weighted by Gasteiger charge is -2.22. The quantitative estimate of drug-likeness (QED) is 0.238. The van der Waals surface area contributed by atoms with Crippen LogP contribution in [0.1, 0.15) is 11.1 Å². The van der Waals surface area contributed by atoms with E-state index in [4.69, 9.17) is 0 Å². The molecule has 0 spiro atoms. The normalized spacial score (nSPS) is 11.5. The van der Waals surface area contributed by atoms with E-state index in [9.17, 15) is 9.13 Å². The fourth-order valence-electron chi connectivity index (χ4n) is 4.68. The molecule has 186 valence electrons. The van der Waals surface area contributed by atoms with Crippen molar-refractivity contribution in [3.8, 4) is 0 Å². The average molecular weight is 525 g/mol. The maximum atomic E-state index is 14.6. The Labute approximate surface area is 218 Å². The van der Waals surface area contributed by atoms with E-state index in [-0.39, 0.29) is 5.48 Å². The van der Waals surface area contributed by atoms with Gasteiger partial charge in [-0.3, -0.25) is 0 Å². The zero-order valence-corrected chi connectivity index (χ0v) is 22.3. The summed E-state index contributed by atoms with van der Waals surface area (Å²) in [5.74, 6) is 0. The van der Waals surface area contributed by atoms with Gasteiger partial charge in [0.2, 0.25) is 0 Å². The third-order valence-corrected chi connectivity index (χ3v) is 12.6. The van der Waals surface area contributed by atoms with Crippen LogP contribution in [0.15, 0.2) is 146 Å². The SMILES string of the molecule is O.O=P(Cc1cccc(CP(=O)(c2ccccc2)c2ccccc2)c1)(c1ccccc1)c1ccccc1. The molecule has 2 N–H and O–H groups in total. The molecule has 0 saturated heterocycles. The van der Waals surface area contributed by atoms with Gasteiger partial charge in [0.1, 0.15) is 14.3 Å². The van der Waals surface area contributed by atoms with Crippen molar-refractivity contribution in [2.75, 3.05) is 0 Å². The molecule has 0 aromatic heterocycles. The molecule has 5 aromatic rings. The second-order valence-electron chi connectivity index (χ2n) is 8.96. The Hall–Kier alpha value is -3.48. The Morgan fingerprint density at radius 3 is 0.919 bits per heavy atom. The first-order chi connectivity index (χ1) is 17.6. The number of rotatable bonds is 8. The third kappa shape index (κ3) is 5.76. The Bertz CT molecular complexity index is 1320. The van der Waals surface area contributed by atoms with Gasteiger partial charge in [-0.1, -0.05) is 146 Å². The molecule has 0 unspecified atom stereocenters. The summed E-state index contributed by atoms with van der Waals surface area (Å²) in [4.78, 5) is 0. The van der Waals surface area contributed by atoms with Crippen LogP contribution in [0, 0.1) is 0 Å². The zero-order chi connectivity index (χ0) is 24.8. The van der Waals surface area contributed by atoms with Crippen molar-refractivity contribution in [3.05, 3.63) is 157 Å². The highest BCUT2D eigenvalue weighted by atomic mass is 31.2. The molecular weight excluding hydrogens is 494 g/mol. The molecule has 5 rings (SSSR count). The van der Waals surface area contributed by atoms with Crippen LogP contribution in [-0.4, -0.2) is 5.48 Å². The summed E-state index contributed by atoms with van der Waals surface area (Å²) in [6.07, 6.45) is 0.825. The standard InChI is InChI=1S/C32H28O2P2.H2O/c33-35(29-16-5-1-6-17-29,30-18-7-2-8-19-30)25-27-14-13-15-28(24-27)26-36(34,31-20-9-3-10-21-31)32-22-11-4-12-23-32;/h1-24H,25-26H2;1H2. The van der Waals surface area contributed by atoms with E-state index in [0.29, 0.717) is 12.3 Å². The maximum Gasteiger partial charge on any atom is 0.147 e. The highest BCUT2D eigenvalue weighted by molar-refractivity contribution is 7.78. The van der Waals surface area contributed by atoms with Crippen LogP contribution in [0.3, 0.4) is 0 Å². The Morgan fingerprint density at radius 1 is 0.378 bits per heavy atom. The summed E-state index contributed by atoms with van der Waals surface area (Å²) in [6, 6.07) is 47.1. The van der Waals surface area contributed by atoms with Crippen molar-refractivity contribution in [3.63, 3.8) is 0 Å². The molecule has 5 aromatic carbocycles. The number of hydrogen-bond acceptors (Lipinski definition) is 2. The lowest BCUT2D eigenvalue weighted by atomic mass is 10.2. The molecular formula is C32H30O3P2.